The van der Waals surface area contributed by atoms with Gasteiger partial charge in [0.15, 0.2) is 0 Å². The molecule has 2 aromatic rings. The molecule has 24 heavy (non-hydrogen) atoms. The van der Waals surface area contributed by atoms with Gasteiger partial charge in [0.25, 0.3) is 0 Å². The molecule has 0 spiro atoms. The van der Waals surface area contributed by atoms with Crippen molar-refractivity contribution in [3.8, 4) is 0 Å². The Morgan fingerprint density at radius 3 is 2.71 bits per heavy atom. The van der Waals surface area contributed by atoms with E-state index in [-0.39, 0.29) is 16.7 Å². The summed E-state index contributed by atoms with van der Waals surface area (Å²) in [4.78, 5) is 16.2. The number of sulfonamides is 1. The minimum Gasteiger partial charge on any atom is -0.467 e. The second kappa shape index (κ2) is 7.14. The lowest BCUT2D eigenvalue weighted by atomic mass is 9.97. The van der Waals surface area contributed by atoms with Gasteiger partial charge in [-0.15, -0.1) is 0 Å². The maximum absolute atomic E-state index is 12.5. The van der Waals surface area contributed by atoms with E-state index in [1.54, 1.807) is 24.5 Å². The van der Waals surface area contributed by atoms with Crippen molar-refractivity contribution >= 4 is 15.9 Å². The van der Waals surface area contributed by atoms with Gasteiger partial charge in [0.05, 0.1) is 12.8 Å². The van der Waals surface area contributed by atoms with Crippen molar-refractivity contribution in [1.82, 2.24) is 14.6 Å². The van der Waals surface area contributed by atoms with E-state index in [4.69, 9.17) is 4.42 Å². The van der Waals surface area contributed by atoms with Gasteiger partial charge in [-0.05, 0) is 37.1 Å². The van der Waals surface area contributed by atoms with Crippen LogP contribution in [0.4, 0.5) is 0 Å². The minimum absolute atomic E-state index is 0.0650. The summed E-state index contributed by atoms with van der Waals surface area (Å²) >= 11 is 0. The van der Waals surface area contributed by atoms with Crippen LogP contribution in [0.5, 0.6) is 0 Å². The van der Waals surface area contributed by atoms with Gasteiger partial charge in [-0.2, -0.15) is 4.31 Å². The molecule has 1 N–H and O–H groups in total. The summed E-state index contributed by atoms with van der Waals surface area (Å²) in [5.74, 6) is 0.449. The molecule has 0 saturated carbocycles. The number of carbonyl (C=O) groups excluding carboxylic acids is 1. The SMILES string of the molecule is O=C(NCc1ccco1)C1CCN(S(=O)(=O)c2cccnc2)CC1. The first-order chi connectivity index (χ1) is 11.6. The Hall–Kier alpha value is -2.19. The molecular formula is C16H19N3O4S. The number of furan rings is 1. The number of aromatic nitrogens is 1. The molecule has 0 atom stereocenters. The van der Waals surface area contributed by atoms with E-state index >= 15 is 0 Å². The summed E-state index contributed by atoms with van der Waals surface area (Å²) in [7, 11) is -3.53. The maximum Gasteiger partial charge on any atom is 0.244 e. The fraction of sp³-hybridized carbons (Fsp3) is 0.375. The third-order valence-electron chi connectivity index (χ3n) is 4.11. The Labute approximate surface area is 140 Å². The van der Waals surface area contributed by atoms with Crippen LogP contribution in [-0.4, -0.2) is 36.7 Å². The average molecular weight is 349 g/mol. The zero-order valence-corrected chi connectivity index (χ0v) is 13.9. The molecule has 0 bridgehead atoms. The summed E-state index contributed by atoms with van der Waals surface area (Å²) < 4.78 is 31.6. The van der Waals surface area contributed by atoms with E-state index in [0.29, 0.717) is 38.2 Å². The molecule has 0 aromatic carbocycles. The number of nitrogens with one attached hydrogen (secondary N) is 1. The molecule has 0 aliphatic carbocycles. The largest absolute Gasteiger partial charge is 0.467 e. The molecule has 1 saturated heterocycles. The molecule has 0 radical (unpaired) electrons. The van der Waals surface area contributed by atoms with Crippen LogP contribution < -0.4 is 5.32 Å². The van der Waals surface area contributed by atoms with Crippen LogP contribution in [0.2, 0.25) is 0 Å². The van der Waals surface area contributed by atoms with Crippen LogP contribution in [0.3, 0.4) is 0 Å². The van der Waals surface area contributed by atoms with E-state index in [2.05, 4.69) is 10.3 Å². The molecule has 128 valence electrons. The molecular weight excluding hydrogens is 330 g/mol. The van der Waals surface area contributed by atoms with Crippen molar-refractivity contribution in [3.63, 3.8) is 0 Å². The number of nitrogens with zero attached hydrogens (tertiary/aromatic N) is 2. The molecule has 1 fully saturated rings. The van der Waals surface area contributed by atoms with Crippen LogP contribution in [-0.2, 0) is 21.4 Å². The third kappa shape index (κ3) is 3.65. The van der Waals surface area contributed by atoms with Crippen molar-refractivity contribution in [3.05, 3.63) is 48.7 Å². The molecule has 8 heteroatoms. The first kappa shape index (κ1) is 16.7. The highest BCUT2D eigenvalue weighted by atomic mass is 32.2. The number of pyridine rings is 1. The Bertz CT molecular complexity index is 767. The Kier molecular flexibility index (Phi) is 4.96. The summed E-state index contributed by atoms with van der Waals surface area (Å²) in [6.45, 7) is 1.01. The van der Waals surface area contributed by atoms with Crippen molar-refractivity contribution in [2.75, 3.05) is 13.1 Å². The fourth-order valence-electron chi connectivity index (χ4n) is 2.74. The summed E-state index contributed by atoms with van der Waals surface area (Å²) in [5.41, 5.74) is 0. The topological polar surface area (TPSA) is 92.5 Å². The predicted octanol–water partition coefficient (Wildman–Crippen LogP) is 1.39. The van der Waals surface area contributed by atoms with E-state index in [1.807, 2.05) is 0 Å². The number of rotatable bonds is 5. The molecule has 1 amide bonds. The number of piperidine rings is 1. The van der Waals surface area contributed by atoms with Gasteiger partial charge in [0.1, 0.15) is 10.7 Å². The zero-order chi connectivity index (χ0) is 17.0. The van der Waals surface area contributed by atoms with Crippen LogP contribution in [0.25, 0.3) is 0 Å². The molecule has 7 nitrogen and oxygen atoms in total. The highest BCUT2D eigenvalue weighted by Crippen LogP contribution is 2.23. The standard InChI is InChI=1S/C16H19N3O4S/c20-16(18-11-14-3-2-10-23-14)13-5-8-19(9-6-13)24(21,22)15-4-1-7-17-12-15/h1-4,7,10,12-13H,5-6,8-9,11H2,(H,18,20). The highest BCUT2D eigenvalue weighted by Gasteiger charge is 2.32. The molecule has 0 unspecified atom stereocenters. The van der Waals surface area contributed by atoms with Crippen LogP contribution in [0, 0.1) is 5.92 Å². The van der Waals surface area contributed by atoms with Crippen molar-refractivity contribution < 1.29 is 17.6 Å². The highest BCUT2D eigenvalue weighted by molar-refractivity contribution is 7.89. The molecule has 3 rings (SSSR count). The van der Waals surface area contributed by atoms with E-state index < -0.39 is 10.0 Å². The Morgan fingerprint density at radius 1 is 1.29 bits per heavy atom. The zero-order valence-electron chi connectivity index (χ0n) is 13.1. The summed E-state index contributed by atoms with van der Waals surface area (Å²) in [5, 5.41) is 2.83. The number of hydrogen-bond donors (Lipinski definition) is 1. The lowest BCUT2D eigenvalue weighted by molar-refractivity contribution is -0.126. The van der Waals surface area contributed by atoms with Crippen molar-refractivity contribution in [1.29, 1.82) is 0 Å². The number of carbonyl (C=O) groups is 1. The summed E-state index contributed by atoms with van der Waals surface area (Å²) in [6, 6.07) is 6.69. The quantitative estimate of drug-likeness (QED) is 0.881. The molecule has 1 aliphatic heterocycles. The molecule has 3 heterocycles. The first-order valence-corrected chi connectivity index (χ1v) is 9.21. The second-order valence-electron chi connectivity index (χ2n) is 5.66. The van der Waals surface area contributed by atoms with Gasteiger partial charge in [-0.3, -0.25) is 9.78 Å². The monoisotopic (exact) mass is 349 g/mol. The van der Waals surface area contributed by atoms with E-state index in [0.717, 1.165) is 0 Å². The van der Waals surface area contributed by atoms with Crippen molar-refractivity contribution in [2.24, 2.45) is 5.92 Å². The number of amides is 1. The number of hydrogen-bond acceptors (Lipinski definition) is 5. The van der Waals surface area contributed by atoms with Gasteiger partial charge >= 0.3 is 0 Å². The Morgan fingerprint density at radius 2 is 2.08 bits per heavy atom. The van der Waals surface area contributed by atoms with Gasteiger partial charge in [-0.25, -0.2) is 8.42 Å². The van der Waals surface area contributed by atoms with Gasteiger partial charge < -0.3 is 9.73 Å². The van der Waals surface area contributed by atoms with Crippen LogP contribution in [0.15, 0.2) is 52.2 Å². The first-order valence-electron chi connectivity index (χ1n) is 7.77. The maximum atomic E-state index is 12.5. The normalized spacial score (nSPS) is 16.8. The predicted molar refractivity (Wildman–Crippen MR) is 86.3 cm³/mol. The smallest absolute Gasteiger partial charge is 0.244 e. The third-order valence-corrected chi connectivity index (χ3v) is 6.00. The summed E-state index contributed by atoms with van der Waals surface area (Å²) in [6.07, 6.45) is 5.45. The fourth-order valence-corrected chi connectivity index (χ4v) is 4.17. The molecule has 2 aromatic heterocycles. The van der Waals surface area contributed by atoms with Gasteiger partial charge in [0, 0.05) is 31.4 Å². The van der Waals surface area contributed by atoms with Crippen LogP contribution in [0.1, 0.15) is 18.6 Å². The van der Waals surface area contributed by atoms with Gasteiger partial charge in [-0.1, -0.05) is 0 Å². The van der Waals surface area contributed by atoms with Crippen LogP contribution >= 0.6 is 0 Å². The van der Waals surface area contributed by atoms with E-state index in [9.17, 15) is 13.2 Å². The van der Waals surface area contributed by atoms with Gasteiger partial charge in [0.2, 0.25) is 15.9 Å². The second-order valence-corrected chi connectivity index (χ2v) is 7.60. The Balaban J connectivity index is 1.54. The average Bonchev–Trinajstić information content (AvgIpc) is 3.14. The van der Waals surface area contributed by atoms with Crippen molar-refractivity contribution in [2.45, 2.75) is 24.3 Å². The molecule has 1 aliphatic rings. The van der Waals surface area contributed by atoms with E-state index in [1.165, 1.54) is 22.8 Å². The lowest BCUT2D eigenvalue weighted by Crippen LogP contribution is -2.42. The minimum atomic E-state index is -3.53. The lowest BCUT2D eigenvalue weighted by Gasteiger charge is -2.30.